The summed E-state index contributed by atoms with van der Waals surface area (Å²) in [5.41, 5.74) is 0. The van der Waals surface area contributed by atoms with Gasteiger partial charge in [0, 0.05) is 0 Å². The van der Waals surface area contributed by atoms with Crippen LogP contribution in [-0.4, -0.2) is 502 Å². The summed E-state index contributed by atoms with van der Waals surface area (Å²) in [4.78, 5) is 108. The van der Waals surface area contributed by atoms with Crippen LogP contribution < -0.4 is 0 Å². The minimum Gasteiger partial charge on any atom is -1.00 e. The van der Waals surface area contributed by atoms with Crippen LogP contribution in [0.15, 0.2) is 0 Å². The number of hydrogen-bond donors (Lipinski definition) is 23. The molecule has 0 aromatic carbocycles. The largest absolute Gasteiger partial charge is 2.00 e. The van der Waals surface area contributed by atoms with Crippen molar-refractivity contribution in [2.45, 2.75) is 61.4 Å². The van der Waals surface area contributed by atoms with Gasteiger partial charge in [0.2, 0.25) is 0 Å². The van der Waals surface area contributed by atoms with E-state index >= 15 is 0 Å². The van der Waals surface area contributed by atoms with Crippen molar-refractivity contribution in [2.75, 3.05) is 13.2 Å². The zero-order valence-electron chi connectivity index (χ0n) is 45.6. The Morgan fingerprint density at radius 3 is 0.862 bits per heavy atom. The van der Waals surface area contributed by atoms with E-state index in [1.807, 2.05) is 0 Å². The quantitative estimate of drug-likeness (QED) is 0.0918. The van der Waals surface area contributed by atoms with Crippen LogP contribution in [-0.2, 0) is 37.0 Å². The Bertz CT molecular complexity index is 1020. The van der Waals surface area contributed by atoms with Crippen LogP contribution in [0.1, 0.15) is 22.8 Å². The smallest absolute Gasteiger partial charge is 1.00 e. The number of rotatable bonds is 4. The van der Waals surface area contributed by atoms with Crippen molar-refractivity contribution in [3.05, 3.63) is 0 Å². The van der Waals surface area contributed by atoms with E-state index in [-0.39, 0.29) is 336 Å². The Balaban J connectivity index is -0.0000000119. The second-order valence-electron chi connectivity index (χ2n) is 8.13. The number of phosphoric acid groups is 5. The fourth-order valence-corrected chi connectivity index (χ4v) is 2.46. The van der Waals surface area contributed by atoms with Crippen LogP contribution in [0.3, 0.4) is 0 Å². The summed E-state index contributed by atoms with van der Waals surface area (Å²) >= 11 is 0. The molecule has 344 valence electrons. The Morgan fingerprint density at radius 1 is 0.397 bits per heavy atom. The first-order chi connectivity index (χ1) is 20.8. The van der Waals surface area contributed by atoms with E-state index in [0.717, 1.165) is 0 Å². The SMILES string of the molecule is O.O.O=P(O)(O)O.O=P(O)(O)O.O=P(O)(O)O.O=P(O)(O)O.O=P(O)(O)O.OC[C@H]1O[C@H](OC[C@H]2O[C@H](O)[C@@H](O)[C@@H](O)[C@@H]2O)[C@@H](O)[C@@H](O)[C@@H]1O.[Ca+2].[Ca+2].[Ca+2].[Ca+2].[Ca+2].[Ca+2].[Ca+2].[Ca+2].[H-].[H-].[H-].[H-].[H-].[H-].[H-].[H-].[H-].[H-].[H-].[H-].[H-].[H-].[H-].[H-]. The minimum atomic E-state index is -4.64. The van der Waals surface area contributed by atoms with Crippen LogP contribution in [0, 0.1) is 0 Å². The molecule has 0 aliphatic carbocycles. The molecule has 58 heavy (non-hydrogen) atoms. The van der Waals surface area contributed by atoms with Crippen LogP contribution in [0.4, 0.5) is 0 Å². The first kappa shape index (κ1) is 105. The molecular formula is C12H57Ca8O33P5. The molecule has 0 saturated carbocycles. The second kappa shape index (κ2) is 52.0. The minimum absolute atomic E-state index is 0. The van der Waals surface area contributed by atoms with Gasteiger partial charge in [-0.15, -0.1) is 0 Å². The van der Waals surface area contributed by atoms with E-state index in [0.29, 0.717) is 0 Å². The molecule has 0 amide bonds. The van der Waals surface area contributed by atoms with Gasteiger partial charge >= 0.3 is 341 Å². The molecule has 0 aromatic rings. The predicted molar refractivity (Wildman–Crippen MR) is 211 cm³/mol. The molecule has 46 heteroatoms. The first-order valence-corrected chi connectivity index (χ1v) is 18.8. The normalized spacial score (nSPS) is 25.6. The summed E-state index contributed by atoms with van der Waals surface area (Å²) in [5.74, 6) is 0. The fraction of sp³-hybridized carbons (Fsp3) is 1.00. The topological polar surface area (TPSA) is 641 Å². The zero-order chi connectivity index (χ0) is 39.8. The molecule has 2 saturated heterocycles. The summed E-state index contributed by atoms with van der Waals surface area (Å²) in [6, 6.07) is 0. The van der Waals surface area contributed by atoms with E-state index in [9.17, 15) is 35.7 Å². The molecule has 2 aliphatic heterocycles. The Kier molecular flexibility index (Phi) is 93.9. The molecule has 33 nitrogen and oxygen atoms in total. The standard InChI is InChI=1S/C12H22O11.8Ca.5H3O4P.2H2O.16H/c13-1-3-5(14)8(17)10(19)12(23-3)21-2-4-6(15)7(16)9(18)11(20)22-4;;;;;;;;;5*1-5(2,3)4;;;;;;;;;;;;;;;;;;/h3-20H,1-2H2;;;;;;;;;5*(H3,1,2,3,4);2*1H2;;;;;;;;;;;;;;;;/q;8*+2;;;;;;;;16*-1/t3-,4-,5-,6-,7+,8+,9+,10+,11+,12+;;;;;;;;;;;;;;;;;;;;;;;;;;;;;;;/m1.............................../s1. The predicted octanol–water partition coefficient (Wildman–Crippen LogP) is -12.9. The van der Waals surface area contributed by atoms with Gasteiger partial charge in [0.15, 0.2) is 12.6 Å². The summed E-state index contributed by atoms with van der Waals surface area (Å²) in [5, 5.41) is 76.1. The third-order valence-corrected chi connectivity index (χ3v) is 3.96. The molecule has 10 atom stereocenters. The molecule has 2 fully saturated rings. The Morgan fingerprint density at radius 2 is 0.621 bits per heavy atom. The molecule has 2 aliphatic rings. The molecule has 0 spiro atoms. The van der Waals surface area contributed by atoms with Crippen molar-refractivity contribution < 1.29 is 185 Å². The van der Waals surface area contributed by atoms with Crippen molar-refractivity contribution >= 4 is 341 Å². The molecule has 0 bridgehead atoms. The van der Waals surface area contributed by atoms with Gasteiger partial charge in [-0.3, -0.25) is 0 Å². The van der Waals surface area contributed by atoms with Crippen molar-refractivity contribution in [1.82, 2.24) is 0 Å². The van der Waals surface area contributed by atoms with Crippen LogP contribution in [0.2, 0.25) is 0 Å². The number of ether oxygens (including phenoxy) is 3. The number of hydrogen-bond acceptors (Lipinski definition) is 16. The molecule has 2 rings (SSSR count). The van der Waals surface area contributed by atoms with Gasteiger partial charge in [0.05, 0.1) is 13.2 Å². The van der Waals surface area contributed by atoms with Gasteiger partial charge in [-0.1, -0.05) is 0 Å². The molecule has 0 unspecified atom stereocenters. The van der Waals surface area contributed by atoms with Crippen molar-refractivity contribution in [3.63, 3.8) is 0 Å². The number of aliphatic hydroxyl groups excluding tert-OH is 8. The molecule has 27 N–H and O–H groups in total. The number of aliphatic hydroxyl groups is 8. The van der Waals surface area contributed by atoms with Gasteiger partial charge in [-0.2, -0.15) is 0 Å². The average molecular weight is 1210 g/mol. The molecule has 2 heterocycles. The van der Waals surface area contributed by atoms with E-state index < -0.39 is 114 Å². The fourth-order valence-electron chi connectivity index (χ4n) is 2.46. The average Bonchev–Trinajstić information content (AvgIpc) is 2.78. The van der Waals surface area contributed by atoms with Gasteiger partial charge in [-0.25, -0.2) is 22.8 Å². The maximum Gasteiger partial charge on any atom is 2.00 e. The maximum atomic E-state index is 9.78. The first-order valence-electron chi connectivity index (χ1n) is 11.0. The summed E-state index contributed by atoms with van der Waals surface area (Å²) in [7, 11) is -23.2. The Labute approximate surface area is 589 Å². The maximum absolute atomic E-state index is 9.78. The van der Waals surface area contributed by atoms with Crippen molar-refractivity contribution in [3.8, 4) is 0 Å². The van der Waals surface area contributed by atoms with Crippen LogP contribution in [0.5, 0.6) is 0 Å². The van der Waals surface area contributed by atoms with Gasteiger partial charge in [-0.05, 0) is 0 Å². The van der Waals surface area contributed by atoms with Crippen molar-refractivity contribution in [1.29, 1.82) is 0 Å². The Hall–Kier alpha value is 10.1. The van der Waals surface area contributed by atoms with Crippen LogP contribution >= 0.6 is 39.1 Å². The van der Waals surface area contributed by atoms with E-state index in [2.05, 4.69) is 0 Å². The van der Waals surface area contributed by atoms with E-state index in [1.165, 1.54) is 0 Å². The van der Waals surface area contributed by atoms with Gasteiger partial charge < -0.3 is 162 Å². The monoisotopic (exact) mass is 1200 g/mol. The molecule has 0 radical (unpaired) electrons. The van der Waals surface area contributed by atoms with Crippen molar-refractivity contribution in [2.24, 2.45) is 0 Å². The van der Waals surface area contributed by atoms with Crippen LogP contribution in [0.25, 0.3) is 0 Å². The summed E-state index contributed by atoms with van der Waals surface area (Å²) < 4.78 is 59.5. The summed E-state index contributed by atoms with van der Waals surface area (Å²) in [6.45, 7) is -1.10. The van der Waals surface area contributed by atoms with E-state index in [1.54, 1.807) is 0 Å². The summed E-state index contributed by atoms with van der Waals surface area (Å²) in [6.07, 6.45) is -15.3. The zero-order valence-corrected chi connectivity index (χ0v) is 51.8. The second-order valence-corrected chi connectivity index (χ2v) is 13.3. The third kappa shape index (κ3) is 85.9. The van der Waals surface area contributed by atoms with Gasteiger partial charge in [0.25, 0.3) is 0 Å². The van der Waals surface area contributed by atoms with E-state index in [4.69, 9.17) is 116 Å². The molecule has 0 aromatic heterocycles. The third-order valence-electron chi connectivity index (χ3n) is 3.96. The molecular weight excluding hydrogens is 1150 g/mol. The van der Waals surface area contributed by atoms with Gasteiger partial charge in [0.1, 0.15) is 48.8 Å².